The molecule has 1 heterocycles. The second kappa shape index (κ2) is 7.52. The average molecular weight is 283 g/mol. The van der Waals surface area contributed by atoms with E-state index in [0.29, 0.717) is 13.1 Å². The van der Waals surface area contributed by atoms with Crippen LogP contribution < -0.4 is 5.32 Å². The van der Waals surface area contributed by atoms with Crippen LogP contribution in [-0.4, -0.2) is 47.5 Å². The number of nitrogens with one attached hydrogen (secondary N) is 1. The second-order valence-corrected chi connectivity index (χ2v) is 4.13. The van der Waals surface area contributed by atoms with Crippen molar-refractivity contribution in [2.75, 3.05) is 25.0 Å². The van der Waals surface area contributed by atoms with Crippen LogP contribution in [0.3, 0.4) is 0 Å². The van der Waals surface area contributed by atoms with Crippen LogP contribution in [0, 0.1) is 0 Å². The number of carbonyl (C=O) groups excluding carboxylic acids is 2. The number of nitrogens with zero attached hydrogens (tertiary/aromatic N) is 2. The second-order valence-electron chi connectivity index (χ2n) is 4.13. The molecule has 1 amide bonds. The Labute approximate surface area is 118 Å². The topological polar surface area (TPSA) is 84.7 Å². The number of amides is 1. The standard InChI is InChI=1S/C13H21N3O4/c1-5-16(6-2)11(17)9(4)14-13-15-10(8-20-13)12(18)19-7-3/h8-9H,5-7H2,1-4H3,(H,14,15). The Morgan fingerprint density at radius 2 is 2.05 bits per heavy atom. The third-order valence-electron chi connectivity index (χ3n) is 2.77. The molecule has 1 atom stereocenters. The van der Waals surface area contributed by atoms with Crippen LogP contribution in [0.25, 0.3) is 0 Å². The highest BCUT2D eigenvalue weighted by Gasteiger charge is 2.20. The maximum Gasteiger partial charge on any atom is 0.360 e. The molecule has 7 nitrogen and oxygen atoms in total. The van der Waals surface area contributed by atoms with Crippen molar-refractivity contribution < 1.29 is 18.7 Å². The Hall–Kier alpha value is -2.05. The molecule has 0 spiro atoms. The van der Waals surface area contributed by atoms with Crippen LogP contribution >= 0.6 is 0 Å². The van der Waals surface area contributed by atoms with Gasteiger partial charge in [0.2, 0.25) is 5.91 Å². The molecular formula is C13H21N3O4. The van der Waals surface area contributed by atoms with Gasteiger partial charge in [-0.1, -0.05) is 0 Å². The highest BCUT2D eigenvalue weighted by molar-refractivity contribution is 5.87. The fourth-order valence-electron chi connectivity index (χ4n) is 1.69. The largest absolute Gasteiger partial charge is 0.461 e. The lowest BCUT2D eigenvalue weighted by atomic mass is 10.3. The van der Waals surface area contributed by atoms with Crippen molar-refractivity contribution in [2.45, 2.75) is 33.7 Å². The third kappa shape index (κ3) is 3.97. The summed E-state index contributed by atoms with van der Waals surface area (Å²) in [6.45, 7) is 8.81. The van der Waals surface area contributed by atoms with Crippen molar-refractivity contribution in [3.8, 4) is 0 Å². The number of likely N-dealkylation sites (N-methyl/N-ethyl adjacent to an activating group) is 1. The number of esters is 1. The molecule has 1 aromatic heterocycles. The Kier molecular flexibility index (Phi) is 6.02. The van der Waals surface area contributed by atoms with E-state index < -0.39 is 12.0 Å². The van der Waals surface area contributed by atoms with Crippen LogP contribution in [0.4, 0.5) is 6.01 Å². The minimum Gasteiger partial charge on any atom is -0.461 e. The van der Waals surface area contributed by atoms with Gasteiger partial charge in [0.05, 0.1) is 6.61 Å². The lowest BCUT2D eigenvalue weighted by Gasteiger charge is -2.22. The van der Waals surface area contributed by atoms with Crippen molar-refractivity contribution >= 4 is 17.9 Å². The molecule has 1 rings (SSSR count). The molecule has 0 fully saturated rings. The summed E-state index contributed by atoms with van der Waals surface area (Å²) in [5.74, 6) is -0.599. The van der Waals surface area contributed by atoms with Crippen molar-refractivity contribution in [3.05, 3.63) is 12.0 Å². The monoisotopic (exact) mass is 283 g/mol. The fourth-order valence-corrected chi connectivity index (χ4v) is 1.69. The third-order valence-corrected chi connectivity index (χ3v) is 2.77. The fraction of sp³-hybridized carbons (Fsp3) is 0.615. The van der Waals surface area contributed by atoms with E-state index in [0.717, 1.165) is 0 Å². The lowest BCUT2D eigenvalue weighted by molar-refractivity contribution is -0.131. The van der Waals surface area contributed by atoms with Crippen molar-refractivity contribution in [1.82, 2.24) is 9.88 Å². The highest BCUT2D eigenvalue weighted by atomic mass is 16.5. The van der Waals surface area contributed by atoms with E-state index in [1.807, 2.05) is 13.8 Å². The van der Waals surface area contributed by atoms with Crippen molar-refractivity contribution in [1.29, 1.82) is 0 Å². The molecule has 0 aliphatic rings. The van der Waals surface area contributed by atoms with Crippen LogP contribution in [-0.2, 0) is 9.53 Å². The number of hydrogen-bond acceptors (Lipinski definition) is 6. The molecule has 0 bridgehead atoms. The number of ether oxygens (including phenoxy) is 1. The van der Waals surface area contributed by atoms with E-state index in [-0.39, 0.29) is 24.2 Å². The first-order valence-corrected chi connectivity index (χ1v) is 6.71. The molecule has 0 aliphatic carbocycles. The zero-order chi connectivity index (χ0) is 15.1. The first-order valence-electron chi connectivity index (χ1n) is 6.71. The van der Waals surface area contributed by atoms with Gasteiger partial charge in [0.15, 0.2) is 5.69 Å². The van der Waals surface area contributed by atoms with E-state index >= 15 is 0 Å². The summed E-state index contributed by atoms with van der Waals surface area (Å²) < 4.78 is 9.91. The molecule has 20 heavy (non-hydrogen) atoms. The predicted octanol–water partition coefficient (Wildman–Crippen LogP) is 1.52. The number of hydrogen-bond donors (Lipinski definition) is 1. The van der Waals surface area contributed by atoms with E-state index in [4.69, 9.17) is 9.15 Å². The van der Waals surface area contributed by atoms with E-state index in [9.17, 15) is 9.59 Å². The first kappa shape index (κ1) is 16.0. The van der Waals surface area contributed by atoms with Gasteiger partial charge in [-0.3, -0.25) is 4.79 Å². The average Bonchev–Trinajstić information content (AvgIpc) is 2.88. The van der Waals surface area contributed by atoms with Crippen molar-refractivity contribution in [3.63, 3.8) is 0 Å². The molecule has 1 aromatic rings. The first-order chi connectivity index (χ1) is 9.53. The Balaban J connectivity index is 2.64. The Morgan fingerprint density at radius 3 is 2.60 bits per heavy atom. The van der Waals surface area contributed by atoms with Gasteiger partial charge in [-0.15, -0.1) is 0 Å². The van der Waals surface area contributed by atoms with E-state index in [2.05, 4.69) is 10.3 Å². The van der Waals surface area contributed by atoms with Gasteiger partial charge in [0.1, 0.15) is 12.3 Å². The molecule has 7 heteroatoms. The number of rotatable bonds is 7. The van der Waals surface area contributed by atoms with Gasteiger partial charge in [-0.25, -0.2) is 4.79 Å². The number of aromatic nitrogens is 1. The molecule has 0 saturated heterocycles. The normalized spacial score (nSPS) is 11.8. The number of anilines is 1. The van der Waals surface area contributed by atoms with Crippen LogP contribution in [0.1, 0.15) is 38.2 Å². The zero-order valence-corrected chi connectivity index (χ0v) is 12.3. The van der Waals surface area contributed by atoms with Gasteiger partial charge in [-0.2, -0.15) is 4.98 Å². The summed E-state index contributed by atoms with van der Waals surface area (Å²) in [6.07, 6.45) is 1.20. The summed E-state index contributed by atoms with van der Waals surface area (Å²) in [5, 5.41) is 2.83. The minimum absolute atomic E-state index is 0.0501. The van der Waals surface area contributed by atoms with E-state index in [1.54, 1.807) is 18.7 Å². The predicted molar refractivity (Wildman–Crippen MR) is 73.5 cm³/mol. The maximum absolute atomic E-state index is 12.1. The summed E-state index contributed by atoms with van der Waals surface area (Å²) in [4.78, 5) is 29.1. The highest BCUT2D eigenvalue weighted by Crippen LogP contribution is 2.11. The van der Waals surface area contributed by atoms with Gasteiger partial charge in [0, 0.05) is 13.1 Å². The molecular weight excluding hydrogens is 262 g/mol. The van der Waals surface area contributed by atoms with Gasteiger partial charge in [0.25, 0.3) is 6.01 Å². The molecule has 1 unspecified atom stereocenters. The van der Waals surface area contributed by atoms with Crippen LogP contribution in [0.15, 0.2) is 10.7 Å². The number of oxazole rings is 1. The van der Waals surface area contributed by atoms with Gasteiger partial charge >= 0.3 is 5.97 Å². The summed E-state index contributed by atoms with van der Waals surface area (Å²) in [6, 6.07) is -0.357. The van der Waals surface area contributed by atoms with Gasteiger partial charge in [-0.05, 0) is 27.7 Å². The van der Waals surface area contributed by atoms with E-state index in [1.165, 1.54) is 6.26 Å². The molecule has 0 saturated carbocycles. The van der Waals surface area contributed by atoms with Crippen LogP contribution in [0.2, 0.25) is 0 Å². The van der Waals surface area contributed by atoms with Crippen LogP contribution in [0.5, 0.6) is 0 Å². The Morgan fingerprint density at radius 1 is 1.40 bits per heavy atom. The molecule has 0 aromatic carbocycles. The molecule has 1 N–H and O–H groups in total. The summed E-state index contributed by atoms with van der Waals surface area (Å²) >= 11 is 0. The summed E-state index contributed by atoms with van der Waals surface area (Å²) in [7, 11) is 0. The molecule has 112 valence electrons. The zero-order valence-electron chi connectivity index (χ0n) is 12.3. The lowest BCUT2D eigenvalue weighted by Crippen LogP contribution is -2.41. The van der Waals surface area contributed by atoms with Gasteiger partial charge < -0.3 is 19.4 Å². The smallest absolute Gasteiger partial charge is 0.360 e. The minimum atomic E-state index is -0.549. The van der Waals surface area contributed by atoms with Crippen molar-refractivity contribution in [2.24, 2.45) is 0 Å². The molecule has 0 radical (unpaired) electrons. The quantitative estimate of drug-likeness (QED) is 0.764. The molecule has 0 aliphatic heterocycles. The maximum atomic E-state index is 12.1. The Bertz CT molecular complexity index is 454. The number of carbonyl (C=O) groups is 2. The summed E-state index contributed by atoms with van der Waals surface area (Å²) in [5.41, 5.74) is 0.0804. The SMILES string of the molecule is CCOC(=O)c1coc(NC(C)C(=O)N(CC)CC)n1.